The molecule has 2 fully saturated rings. The van der Waals surface area contributed by atoms with Crippen molar-refractivity contribution in [2.24, 2.45) is 17.8 Å². The molecule has 1 aliphatic heterocycles. The van der Waals surface area contributed by atoms with Crippen molar-refractivity contribution in [1.29, 1.82) is 0 Å². The quantitative estimate of drug-likeness (QED) is 0.591. The number of allylic oxidation sites excluding steroid dienone is 1. The number of ether oxygens (including phenoxy) is 2. The predicted molar refractivity (Wildman–Crippen MR) is 61.8 cm³/mol. The molecule has 2 aliphatic rings. The molecule has 17 heavy (non-hydrogen) atoms. The minimum Gasteiger partial charge on any atom is -0.435 e. The van der Waals surface area contributed by atoms with E-state index in [1.807, 2.05) is 0 Å². The highest BCUT2D eigenvalue weighted by Gasteiger charge is 2.42. The Labute approximate surface area is 102 Å². The van der Waals surface area contributed by atoms with Gasteiger partial charge in [0.15, 0.2) is 6.29 Å². The Morgan fingerprint density at radius 3 is 2.76 bits per heavy atom. The molecule has 96 valence electrons. The summed E-state index contributed by atoms with van der Waals surface area (Å²) in [6.45, 7) is 7.54. The molecule has 1 N–H and O–H groups in total. The number of hydrogen-bond donors (Lipinski definition) is 1. The van der Waals surface area contributed by atoms with Crippen LogP contribution in [0.25, 0.3) is 0 Å². The van der Waals surface area contributed by atoms with E-state index in [0.717, 1.165) is 24.8 Å². The van der Waals surface area contributed by atoms with Crippen molar-refractivity contribution < 1.29 is 19.4 Å². The van der Waals surface area contributed by atoms with Crippen LogP contribution in [0, 0.1) is 17.8 Å². The van der Waals surface area contributed by atoms with Gasteiger partial charge in [0.25, 0.3) is 0 Å². The predicted octanol–water partition coefficient (Wildman–Crippen LogP) is 1.83. The Kier molecular flexibility index (Phi) is 3.54. The van der Waals surface area contributed by atoms with E-state index in [-0.39, 0.29) is 23.7 Å². The van der Waals surface area contributed by atoms with Crippen molar-refractivity contribution in [2.75, 3.05) is 0 Å². The molecule has 1 heterocycles. The summed E-state index contributed by atoms with van der Waals surface area (Å²) in [6, 6.07) is 0. The number of rotatable bonds is 2. The molecule has 0 aromatic rings. The first-order valence-electron chi connectivity index (χ1n) is 6.18. The largest absolute Gasteiger partial charge is 0.435 e. The van der Waals surface area contributed by atoms with Gasteiger partial charge in [-0.2, -0.15) is 0 Å². The lowest BCUT2D eigenvalue weighted by atomic mass is 9.76. The summed E-state index contributed by atoms with van der Waals surface area (Å²) in [6.07, 6.45) is 1.01. The Morgan fingerprint density at radius 2 is 2.12 bits per heavy atom. The molecule has 4 unspecified atom stereocenters. The third-order valence-corrected chi connectivity index (χ3v) is 3.47. The summed E-state index contributed by atoms with van der Waals surface area (Å²) < 4.78 is 10.7. The Hall–Kier alpha value is -0.870. The lowest BCUT2D eigenvalue weighted by Crippen LogP contribution is -2.46. The van der Waals surface area contributed by atoms with Gasteiger partial charge in [-0.05, 0) is 19.3 Å². The number of fused-ring (bicyclic) bond motifs is 2. The van der Waals surface area contributed by atoms with Crippen LogP contribution in [-0.2, 0) is 14.3 Å². The number of aliphatic hydroxyl groups excluding tert-OH is 1. The van der Waals surface area contributed by atoms with Gasteiger partial charge in [0, 0.05) is 11.8 Å². The zero-order valence-corrected chi connectivity index (χ0v) is 10.4. The smallest absolute Gasteiger partial charge is 0.310 e. The van der Waals surface area contributed by atoms with Gasteiger partial charge in [-0.3, -0.25) is 4.79 Å². The summed E-state index contributed by atoms with van der Waals surface area (Å²) in [5, 5.41) is 9.81. The summed E-state index contributed by atoms with van der Waals surface area (Å²) in [5.74, 6) is -0.209. The second-order valence-corrected chi connectivity index (χ2v) is 5.40. The van der Waals surface area contributed by atoms with Crippen LogP contribution >= 0.6 is 0 Å². The fourth-order valence-electron chi connectivity index (χ4n) is 2.54. The van der Waals surface area contributed by atoms with E-state index < -0.39 is 12.6 Å². The minimum absolute atomic E-state index is 0.107. The fourth-order valence-corrected chi connectivity index (χ4v) is 2.54. The molecule has 1 saturated heterocycles. The normalized spacial score (nSPS) is 37.1. The van der Waals surface area contributed by atoms with Crippen molar-refractivity contribution in [3.63, 3.8) is 0 Å². The number of carbonyl (C=O) groups excluding carboxylic acids is 1. The summed E-state index contributed by atoms with van der Waals surface area (Å²) in [4.78, 5) is 11.6. The molecule has 2 rings (SSSR count). The van der Waals surface area contributed by atoms with Crippen LogP contribution in [0.5, 0.6) is 0 Å². The van der Waals surface area contributed by atoms with Gasteiger partial charge in [0.1, 0.15) is 0 Å². The van der Waals surface area contributed by atoms with E-state index in [1.165, 1.54) is 0 Å². The van der Waals surface area contributed by atoms with Gasteiger partial charge in [0.05, 0.1) is 5.92 Å². The third-order valence-electron chi connectivity index (χ3n) is 3.47. The number of esters is 1. The average molecular weight is 240 g/mol. The van der Waals surface area contributed by atoms with Crippen LogP contribution in [0.3, 0.4) is 0 Å². The molecule has 0 aromatic carbocycles. The highest BCUT2D eigenvalue weighted by molar-refractivity contribution is 5.71. The molecular formula is C13H20O4. The third kappa shape index (κ3) is 2.69. The summed E-state index contributed by atoms with van der Waals surface area (Å²) in [7, 11) is 0. The Morgan fingerprint density at radius 1 is 1.47 bits per heavy atom. The molecule has 4 atom stereocenters. The second-order valence-electron chi connectivity index (χ2n) is 5.40. The van der Waals surface area contributed by atoms with E-state index in [9.17, 15) is 9.90 Å². The SMILES string of the molecule is C=C1CC2CC(C1)C(OC(=O)C(C)C)OC2O. The van der Waals surface area contributed by atoms with Gasteiger partial charge < -0.3 is 14.6 Å². The van der Waals surface area contributed by atoms with E-state index in [1.54, 1.807) is 13.8 Å². The Balaban J connectivity index is 2.03. The van der Waals surface area contributed by atoms with Crippen LogP contribution in [0.15, 0.2) is 12.2 Å². The van der Waals surface area contributed by atoms with Crippen LogP contribution in [-0.4, -0.2) is 23.7 Å². The molecule has 1 saturated carbocycles. The van der Waals surface area contributed by atoms with E-state index in [2.05, 4.69) is 6.58 Å². The van der Waals surface area contributed by atoms with E-state index in [0.29, 0.717) is 0 Å². The van der Waals surface area contributed by atoms with Crippen molar-refractivity contribution in [2.45, 2.75) is 45.7 Å². The average Bonchev–Trinajstić information content (AvgIpc) is 2.25. The molecule has 4 heteroatoms. The van der Waals surface area contributed by atoms with Gasteiger partial charge >= 0.3 is 5.97 Å². The van der Waals surface area contributed by atoms with Crippen molar-refractivity contribution in [3.05, 3.63) is 12.2 Å². The van der Waals surface area contributed by atoms with Gasteiger partial charge in [-0.15, -0.1) is 0 Å². The lowest BCUT2D eigenvalue weighted by molar-refractivity contribution is -0.288. The summed E-state index contributed by atoms with van der Waals surface area (Å²) in [5.41, 5.74) is 1.11. The van der Waals surface area contributed by atoms with Crippen LogP contribution in [0.4, 0.5) is 0 Å². The standard InChI is InChI=1S/C13H20O4/c1-7(2)11(14)16-13-10-5-8(3)4-9(6-10)12(15)17-13/h7,9-10,12-13,15H,3-6H2,1-2H3. The molecule has 0 amide bonds. The van der Waals surface area contributed by atoms with Crippen molar-refractivity contribution in [1.82, 2.24) is 0 Å². The molecular weight excluding hydrogens is 220 g/mol. The monoisotopic (exact) mass is 240 g/mol. The summed E-state index contributed by atoms with van der Waals surface area (Å²) >= 11 is 0. The van der Waals surface area contributed by atoms with Crippen LogP contribution < -0.4 is 0 Å². The van der Waals surface area contributed by atoms with Crippen molar-refractivity contribution in [3.8, 4) is 0 Å². The molecule has 0 spiro atoms. The second kappa shape index (κ2) is 4.78. The maximum atomic E-state index is 11.6. The lowest BCUT2D eigenvalue weighted by Gasteiger charge is -2.43. The minimum atomic E-state index is -0.840. The highest BCUT2D eigenvalue weighted by Crippen LogP contribution is 2.41. The number of hydrogen-bond acceptors (Lipinski definition) is 4. The molecule has 1 aliphatic carbocycles. The van der Waals surface area contributed by atoms with Crippen molar-refractivity contribution >= 4 is 5.97 Å². The van der Waals surface area contributed by atoms with Gasteiger partial charge in [-0.25, -0.2) is 0 Å². The van der Waals surface area contributed by atoms with Gasteiger partial charge in [-0.1, -0.05) is 26.0 Å². The number of aliphatic hydroxyl groups is 1. The Bertz CT molecular complexity index is 323. The maximum absolute atomic E-state index is 11.6. The fraction of sp³-hybridized carbons (Fsp3) is 0.769. The molecule has 2 bridgehead atoms. The first-order chi connectivity index (χ1) is 7.97. The molecule has 0 radical (unpaired) electrons. The molecule has 4 nitrogen and oxygen atoms in total. The van der Waals surface area contributed by atoms with E-state index >= 15 is 0 Å². The first kappa shape index (κ1) is 12.6. The number of carbonyl (C=O) groups is 1. The topological polar surface area (TPSA) is 55.8 Å². The van der Waals surface area contributed by atoms with Crippen LogP contribution in [0.2, 0.25) is 0 Å². The first-order valence-corrected chi connectivity index (χ1v) is 6.18. The molecule has 0 aromatic heterocycles. The van der Waals surface area contributed by atoms with E-state index in [4.69, 9.17) is 9.47 Å². The highest BCUT2D eigenvalue weighted by atomic mass is 16.7. The zero-order valence-electron chi connectivity index (χ0n) is 10.4. The van der Waals surface area contributed by atoms with Gasteiger partial charge in [0.2, 0.25) is 6.29 Å². The van der Waals surface area contributed by atoms with Crippen LogP contribution in [0.1, 0.15) is 33.1 Å². The maximum Gasteiger partial charge on any atom is 0.310 e. The zero-order chi connectivity index (χ0) is 12.6.